The van der Waals surface area contributed by atoms with Crippen molar-refractivity contribution in [2.45, 2.75) is 424 Å². The van der Waals surface area contributed by atoms with Gasteiger partial charge < -0.3 is 20.3 Å². The lowest BCUT2D eigenvalue weighted by molar-refractivity contribution is -0.143. The molecule has 3 N–H and O–H groups in total. The molecule has 0 heterocycles. The highest BCUT2D eigenvalue weighted by molar-refractivity contribution is 5.76. The highest BCUT2D eigenvalue weighted by Gasteiger charge is 2.20. The predicted octanol–water partition coefficient (Wildman–Crippen LogP) is 23.7. The van der Waals surface area contributed by atoms with Gasteiger partial charge in [-0.3, -0.25) is 9.59 Å². The number of unbranched alkanes of at least 4 members (excludes halogenated alkanes) is 54. The fourth-order valence-corrected chi connectivity index (χ4v) is 11.6. The van der Waals surface area contributed by atoms with Crippen molar-refractivity contribution in [1.82, 2.24) is 5.32 Å². The Kier molecular flexibility index (Phi) is 68.4. The molecular formula is C74H143NO5. The van der Waals surface area contributed by atoms with E-state index in [9.17, 15) is 19.8 Å². The molecule has 0 radical (unpaired) electrons. The van der Waals surface area contributed by atoms with Crippen LogP contribution in [0.15, 0.2) is 24.3 Å². The number of ether oxygens (including phenoxy) is 1. The number of carbonyl (C=O) groups is 2. The van der Waals surface area contributed by atoms with E-state index in [0.29, 0.717) is 25.9 Å². The van der Waals surface area contributed by atoms with Crippen LogP contribution in [0.4, 0.5) is 0 Å². The Balaban J connectivity index is 3.33. The van der Waals surface area contributed by atoms with Gasteiger partial charge in [0.05, 0.1) is 25.4 Å². The van der Waals surface area contributed by atoms with Gasteiger partial charge in [-0.05, 0) is 77.0 Å². The summed E-state index contributed by atoms with van der Waals surface area (Å²) in [4.78, 5) is 24.6. The first kappa shape index (κ1) is 78.3. The number of hydrogen-bond donors (Lipinski definition) is 3. The Morgan fingerprint density at radius 3 is 0.887 bits per heavy atom. The zero-order chi connectivity index (χ0) is 57.8. The highest BCUT2D eigenvalue weighted by Crippen LogP contribution is 2.19. The molecule has 0 aliphatic carbocycles. The minimum atomic E-state index is -0.661. The molecule has 1 amide bonds. The van der Waals surface area contributed by atoms with E-state index in [-0.39, 0.29) is 18.5 Å². The zero-order valence-electron chi connectivity index (χ0n) is 54.3. The van der Waals surface area contributed by atoms with Gasteiger partial charge in [0.15, 0.2) is 0 Å². The third-order valence-corrected chi connectivity index (χ3v) is 17.2. The Morgan fingerprint density at radius 2 is 0.588 bits per heavy atom. The monoisotopic (exact) mass is 1130 g/mol. The van der Waals surface area contributed by atoms with E-state index in [1.165, 1.54) is 334 Å². The van der Waals surface area contributed by atoms with E-state index in [0.717, 1.165) is 44.9 Å². The van der Waals surface area contributed by atoms with Crippen LogP contribution in [-0.4, -0.2) is 47.4 Å². The number of rotatable bonds is 69. The van der Waals surface area contributed by atoms with E-state index in [1.54, 1.807) is 0 Å². The Hall–Kier alpha value is -1.66. The number of esters is 1. The summed E-state index contributed by atoms with van der Waals surface area (Å²) < 4.78 is 5.51. The quantitative estimate of drug-likeness (QED) is 0.0320. The maximum absolute atomic E-state index is 12.5. The second kappa shape index (κ2) is 69.8. The first-order chi connectivity index (χ1) is 39.5. The molecule has 0 aromatic rings. The van der Waals surface area contributed by atoms with Crippen LogP contribution < -0.4 is 5.32 Å². The van der Waals surface area contributed by atoms with E-state index in [4.69, 9.17) is 4.74 Å². The molecule has 2 atom stereocenters. The van der Waals surface area contributed by atoms with Crippen molar-refractivity contribution in [1.29, 1.82) is 0 Å². The van der Waals surface area contributed by atoms with Gasteiger partial charge >= 0.3 is 5.97 Å². The fourth-order valence-electron chi connectivity index (χ4n) is 11.6. The Bertz CT molecular complexity index is 1250. The molecule has 0 spiro atoms. The minimum absolute atomic E-state index is 0.0160. The summed E-state index contributed by atoms with van der Waals surface area (Å²) >= 11 is 0. The lowest BCUT2D eigenvalue weighted by atomic mass is 10.0. The van der Waals surface area contributed by atoms with Crippen LogP contribution in [0, 0.1) is 0 Å². The van der Waals surface area contributed by atoms with Gasteiger partial charge in [0.25, 0.3) is 0 Å². The third-order valence-electron chi connectivity index (χ3n) is 17.2. The summed E-state index contributed by atoms with van der Waals surface area (Å²) in [5.74, 6) is -0.0141. The van der Waals surface area contributed by atoms with Crippen molar-refractivity contribution >= 4 is 11.9 Å². The standard InChI is InChI=1S/C74H143NO5/c1-3-5-7-9-11-13-15-17-18-19-37-40-44-48-52-56-60-64-68-74(79)80-69-65-61-57-53-49-45-41-38-35-33-31-29-27-25-23-21-20-22-24-26-28-30-32-34-36-39-43-47-51-55-59-63-67-73(78)75-71(70-76)72(77)66-62-58-54-50-46-42-16-14-12-10-8-6-4-2/h18-19,23,25,71-72,76-77H,3-17,20-22,24,26-70H2,1-2H3,(H,75,78)/b19-18-,25-23-. The van der Waals surface area contributed by atoms with Crippen LogP contribution in [-0.2, 0) is 14.3 Å². The summed E-state index contributed by atoms with van der Waals surface area (Å²) in [6.07, 6.45) is 88.2. The Labute approximate surface area is 501 Å². The van der Waals surface area contributed by atoms with Gasteiger partial charge in [0.1, 0.15) is 0 Å². The summed E-state index contributed by atoms with van der Waals surface area (Å²) in [5, 5.41) is 23.3. The number of amides is 1. The zero-order valence-corrected chi connectivity index (χ0v) is 54.3. The van der Waals surface area contributed by atoms with Crippen molar-refractivity contribution in [3.63, 3.8) is 0 Å². The summed E-state index contributed by atoms with van der Waals surface area (Å²) in [7, 11) is 0. The van der Waals surface area contributed by atoms with Gasteiger partial charge in [0, 0.05) is 12.8 Å². The van der Waals surface area contributed by atoms with Gasteiger partial charge in [0.2, 0.25) is 5.91 Å². The van der Waals surface area contributed by atoms with Gasteiger partial charge in [-0.2, -0.15) is 0 Å². The largest absolute Gasteiger partial charge is 0.466 e. The lowest BCUT2D eigenvalue weighted by Crippen LogP contribution is -2.45. The number of aliphatic hydroxyl groups is 2. The average Bonchev–Trinajstić information content (AvgIpc) is 3.46. The van der Waals surface area contributed by atoms with Crippen LogP contribution in [0.3, 0.4) is 0 Å². The van der Waals surface area contributed by atoms with Crippen molar-refractivity contribution in [3.8, 4) is 0 Å². The third kappa shape index (κ3) is 65.5. The minimum Gasteiger partial charge on any atom is -0.466 e. The molecule has 0 rings (SSSR count). The van der Waals surface area contributed by atoms with E-state index >= 15 is 0 Å². The number of carbonyl (C=O) groups excluding carboxylic acids is 2. The van der Waals surface area contributed by atoms with Gasteiger partial charge in [-0.25, -0.2) is 0 Å². The summed E-state index contributed by atoms with van der Waals surface area (Å²) in [6, 6.07) is -0.538. The average molecular weight is 1130 g/mol. The molecule has 0 bridgehead atoms. The molecule has 0 aromatic heterocycles. The normalized spacial score (nSPS) is 12.6. The smallest absolute Gasteiger partial charge is 0.305 e. The SMILES string of the molecule is CCCCCCCCC/C=C\CCCCCCCCCC(=O)OCCCCCCCCCCCCCC/C=C\CCCCCCCCCCCCCCCCCCC(=O)NC(CO)C(O)CCCCCCCCCCCCCCC. The first-order valence-electron chi connectivity index (χ1n) is 36.6. The molecule has 6 heteroatoms. The van der Waals surface area contributed by atoms with Crippen LogP contribution in [0.1, 0.15) is 412 Å². The molecule has 0 aliphatic rings. The predicted molar refractivity (Wildman–Crippen MR) is 352 cm³/mol. The van der Waals surface area contributed by atoms with Crippen molar-refractivity contribution in [2.24, 2.45) is 0 Å². The van der Waals surface area contributed by atoms with Crippen LogP contribution in [0.2, 0.25) is 0 Å². The lowest BCUT2D eigenvalue weighted by Gasteiger charge is -2.22. The molecule has 0 saturated heterocycles. The second-order valence-electron chi connectivity index (χ2n) is 25.3. The topological polar surface area (TPSA) is 95.9 Å². The maximum atomic E-state index is 12.5. The first-order valence-corrected chi connectivity index (χ1v) is 36.6. The number of aliphatic hydroxyl groups excluding tert-OH is 2. The maximum Gasteiger partial charge on any atom is 0.305 e. The molecule has 80 heavy (non-hydrogen) atoms. The van der Waals surface area contributed by atoms with Gasteiger partial charge in [-0.1, -0.05) is 346 Å². The fraction of sp³-hybridized carbons (Fsp3) is 0.919. The summed E-state index contributed by atoms with van der Waals surface area (Å²) in [5.41, 5.74) is 0. The van der Waals surface area contributed by atoms with E-state index < -0.39 is 12.1 Å². The molecule has 6 nitrogen and oxygen atoms in total. The Morgan fingerprint density at radius 1 is 0.338 bits per heavy atom. The number of nitrogens with one attached hydrogen (secondary N) is 1. The molecule has 474 valence electrons. The summed E-state index contributed by atoms with van der Waals surface area (Å²) in [6.45, 7) is 4.98. The van der Waals surface area contributed by atoms with Crippen molar-refractivity contribution in [3.05, 3.63) is 24.3 Å². The van der Waals surface area contributed by atoms with E-state index in [1.807, 2.05) is 0 Å². The van der Waals surface area contributed by atoms with Crippen molar-refractivity contribution in [2.75, 3.05) is 13.2 Å². The molecule has 2 unspecified atom stereocenters. The van der Waals surface area contributed by atoms with Crippen LogP contribution in [0.5, 0.6) is 0 Å². The van der Waals surface area contributed by atoms with Crippen LogP contribution in [0.25, 0.3) is 0 Å². The molecular weight excluding hydrogens is 983 g/mol. The molecule has 0 fully saturated rings. The second-order valence-corrected chi connectivity index (χ2v) is 25.3. The highest BCUT2D eigenvalue weighted by atomic mass is 16.5. The molecule has 0 saturated carbocycles. The number of allylic oxidation sites excluding steroid dienone is 4. The van der Waals surface area contributed by atoms with Crippen molar-refractivity contribution < 1.29 is 24.5 Å². The van der Waals surface area contributed by atoms with Crippen LogP contribution >= 0.6 is 0 Å². The molecule has 0 aromatic carbocycles. The number of hydrogen-bond acceptors (Lipinski definition) is 5. The molecule has 0 aliphatic heterocycles. The van der Waals surface area contributed by atoms with E-state index in [2.05, 4.69) is 43.5 Å². The van der Waals surface area contributed by atoms with Gasteiger partial charge in [-0.15, -0.1) is 0 Å².